The lowest BCUT2D eigenvalue weighted by atomic mass is 10.1. The van der Waals surface area contributed by atoms with Gasteiger partial charge in [-0.15, -0.1) is 0 Å². The zero-order chi connectivity index (χ0) is 13.8. The van der Waals surface area contributed by atoms with Gasteiger partial charge in [0, 0.05) is 17.8 Å². The molecule has 0 atom stereocenters. The molecule has 0 aliphatic carbocycles. The number of rotatable bonds is 4. The maximum atomic E-state index is 4.25. The SMILES string of the molecule is Cc1cccc(Nc2cc(NC(C)C)ncn2)c1C. The maximum absolute atomic E-state index is 4.25. The number of benzene rings is 1. The van der Waals surface area contributed by atoms with Crippen molar-refractivity contribution < 1.29 is 0 Å². The molecule has 0 aliphatic rings. The Kier molecular flexibility index (Phi) is 4.00. The predicted molar refractivity (Wildman–Crippen MR) is 80.0 cm³/mol. The van der Waals surface area contributed by atoms with Crippen molar-refractivity contribution in [2.24, 2.45) is 0 Å². The Morgan fingerprint density at radius 3 is 2.53 bits per heavy atom. The summed E-state index contributed by atoms with van der Waals surface area (Å²) in [6.07, 6.45) is 1.57. The van der Waals surface area contributed by atoms with Gasteiger partial charge in [-0.25, -0.2) is 9.97 Å². The van der Waals surface area contributed by atoms with Gasteiger partial charge in [-0.3, -0.25) is 0 Å². The fraction of sp³-hybridized carbons (Fsp3) is 0.333. The van der Waals surface area contributed by atoms with Crippen LogP contribution in [0.15, 0.2) is 30.6 Å². The van der Waals surface area contributed by atoms with Gasteiger partial charge in [0.1, 0.15) is 18.0 Å². The highest BCUT2D eigenvalue weighted by Gasteiger charge is 2.04. The normalized spacial score (nSPS) is 10.6. The van der Waals surface area contributed by atoms with Crippen molar-refractivity contribution in [2.75, 3.05) is 10.6 Å². The molecule has 0 saturated carbocycles. The van der Waals surface area contributed by atoms with Crippen molar-refractivity contribution in [3.63, 3.8) is 0 Å². The van der Waals surface area contributed by atoms with E-state index in [-0.39, 0.29) is 0 Å². The van der Waals surface area contributed by atoms with Crippen molar-refractivity contribution in [1.82, 2.24) is 9.97 Å². The van der Waals surface area contributed by atoms with Gasteiger partial charge in [0.15, 0.2) is 0 Å². The Morgan fingerprint density at radius 2 is 1.79 bits per heavy atom. The van der Waals surface area contributed by atoms with E-state index in [1.165, 1.54) is 11.1 Å². The molecule has 100 valence electrons. The number of aryl methyl sites for hydroxylation is 1. The van der Waals surface area contributed by atoms with Gasteiger partial charge in [-0.05, 0) is 44.9 Å². The van der Waals surface area contributed by atoms with Crippen molar-refractivity contribution >= 4 is 17.3 Å². The molecule has 1 aromatic heterocycles. The lowest BCUT2D eigenvalue weighted by molar-refractivity contribution is 0.886. The smallest absolute Gasteiger partial charge is 0.135 e. The minimum absolute atomic E-state index is 0.350. The molecule has 0 amide bonds. The van der Waals surface area contributed by atoms with E-state index in [4.69, 9.17) is 0 Å². The maximum Gasteiger partial charge on any atom is 0.135 e. The Balaban J connectivity index is 2.21. The number of anilines is 3. The summed E-state index contributed by atoms with van der Waals surface area (Å²) in [6, 6.07) is 8.47. The highest BCUT2D eigenvalue weighted by molar-refractivity contribution is 5.63. The summed E-state index contributed by atoms with van der Waals surface area (Å²) in [6.45, 7) is 8.37. The van der Waals surface area contributed by atoms with Crippen LogP contribution in [0.5, 0.6) is 0 Å². The van der Waals surface area contributed by atoms with E-state index in [9.17, 15) is 0 Å². The molecular weight excluding hydrogens is 236 g/mol. The second-order valence-electron chi connectivity index (χ2n) is 4.96. The number of hydrogen-bond acceptors (Lipinski definition) is 4. The van der Waals surface area contributed by atoms with E-state index in [0.717, 1.165) is 17.3 Å². The predicted octanol–water partition coefficient (Wildman–Crippen LogP) is 3.66. The van der Waals surface area contributed by atoms with E-state index in [1.807, 2.05) is 12.1 Å². The van der Waals surface area contributed by atoms with Crippen LogP contribution in [0, 0.1) is 13.8 Å². The first-order chi connectivity index (χ1) is 9.06. The van der Waals surface area contributed by atoms with Crippen LogP contribution in [-0.4, -0.2) is 16.0 Å². The third-order valence-electron chi connectivity index (χ3n) is 2.97. The van der Waals surface area contributed by atoms with Crippen LogP contribution in [0.25, 0.3) is 0 Å². The first kappa shape index (κ1) is 13.3. The molecule has 1 heterocycles. The summed E-state index contributed by atoms with van der Waals surface area (Å²) < 4.78 is 0. The molecule has 0 saturated heterocycles. The molecule has 0 fully saturated rings. The summed E-state index contributed by atoms with van der Waals surface area (Å²) in [7, 11) is 0. The van der Waals surface area contributed by atoms with E-state index in [0.29, 0.717) is 6.04 Å². The molecule has 0 aliphatic heterocycles. The molecule has 0 spiro atoms. The van der Waals surface area contributed by atoms with Crippen LogP contribution in [-0.2, 0) is 0 Å². The molecule has 4 nitrogen and oxygen atoms in total. The Bertz CT molecular complexity index is 564. The zero-order valence-corrected chi connectivity index (χ0v) is 11.9. The highest BCUT2D eigenvalue weighted by Crippen LogP contribution is 2.22. The minimum Gasteiger partial charge on any atom is -0.368 e. The third-order valence-corrected chi connectivity index (χ3v) is 2.97. The van der Waals surface area contributed by atoms with Crippen LogP contribution in [0.4, 0.5) is 17.3 Å². The topological polar surface area (TPSA) is 49.8 Å². The van der Waals surface area contributed by atoms with E-state index in [1.54, 1.807) is 6.33 Å². The lowest BCUT2D eigenvalue weighted by Gasteiger charge is -2.12. The second kappa shape index (κ2) is 5.69. The van der Waals surface area contributed by atoms with Crippen molar-refractivity contribution in [3.05, 3.63) is 41.7 Å². The molecule has 2 aromatic rings. The third kappa shape index (κ3) is 3.44. The van der Waals surface area contributed by atoms with Crippen LogP contribution in [0.2, 0.25) is 0 Å². The monoisotopic (exact) mass is 256 g/mol. The molecule has 1 aromatic carbocycles. The number of hydrogen-bond donors (Lipinski definition) is 2. The molecule has 19 heavy (non-hydrogen) atoms. The van der Waals surface area contributed by atoms with E-state index in [2.05, 4.69) is 60.4 Å². The second-order valence-corrected chi connectivity index (χ2v) is 4.96. The van der Waals surface area contributed by atoms with E-state index < -0.39 is 0 Å². The number of nitrogens with zero attached hydrogens (tertiary/aromatic N) is 2. The average molecular weight is 256 g/mol. The van der Waals surface area contributed by atoms with Gasteiger partial charge in [0.05, 0.1) is 0 Å². The zero-order valence-electron chi connectivity index (χ0n) is 11.9. The number of nitrogens with one attached hydrogen (secondary N) is 2. The first-order valence-corrected chi connectivity index (χ1v) is 6.48. The minimum atomic E-state index is 0.350. The molecule has 0 bridgehead atoms. The Morgan fingerprint density at radius 1 is 1.05 bits per heavy atom. The van der Waals surface area contributed by atoms with Crippen molar-refractivity contribution in [2.45, 2.75) is 33.7 Å². The number of aromatic nitrogens is 2. The van der Waals surface area contributed by atoms with Gasteiger partial charge in [0.2, 0.25) is 0 Å². The summed E-state index contributed by atoms with van der Waals surface area (Å²) >= 11 is 0. The Hall–Kier alpha value is -2.10. The average Bonchev–Trinajstić information content (AvgIpc) is 2.35. The van der Waals surface area contributed by atoms with Gasteiger partial charge in [0.25, 0.3) is 0 Å². The van der Waals surface area contributed by atoms with Crippen molar-refractivity contribution in [1.29, 1.82) is 0 Å². The van der Waals surface area contributed by atoms with Crippen LogP contribution in [0.1, 0.15) is 25.0 Å². The van der Waals surface area contributed by atoms with Gasteiger partial charge in [-0.1, -0.05) is 12.1 Å². The summed E-state index contributed by atoms with van der Waals surface area (Å²) in [5, 5.41) is 6.60. The molecule has 2 N–H and O–H groups in total. The summed E-state index contributed by atoms with van der Waals surface area (Å²) in [4.78, 5) is 8.45. The fourth-order valence-corrected chi connectivity index (χ4v) is 1.82. The molecular formula is C15H20N4. The Labute approximate surface area is 114 Å². The van der Waals surface area contributed by atoms with E-state index >= 15 is 0 Å². The van der Waals surface area contributed by atoms with Gasteiger partial charge in [-0.2, -0.15) is 0 Å². The van der Waals surface area contributed by atoms with Crippen LogP contribution < -0.4 is 10.6 Å². The van der Waals surface area contributed by atoms with Crippen LogP contribution >= 0.6 is 0 Å². The van der Waals surface area contributed by atoms with Gasteiger partial charge >= 0.3 is 0 Å². The molecule has 0 radical (unpaired) electrons. The quantitative estimate of drug-likeness (QED) is 0.876. The highest BCUT2D eigenvalue weighted by atomic mass is 15.1. The molecule has 2 rings (SSSR count). The van der Waals surface area contributed by atoms with Gasteiger partial charge < -0.3 is 10.6 Å². The largest absolute Gasteiger partial charge is 0.368 e. The molecule has 4 heteroatoms. The standard InChI is InChI=1S/C15H20N4/c1-10(2)18-14-8-15(17-9-16-14)19-13-7-5-6-11(3)12(13)4/h5-10H,1-4H3,(H2,16,17,18,19). The lowest BCUT2D eigenvalue weighted by Crippen LogP contribution is -2.11. The fourth-order valence-electron chi connectivity index (χ4n) is 1.82. The first-order valence-electron chi connectivity index (χ1n) is 6.48. The molecule has 0 unspecified atom stereocenters. The summed E-state index contributed by atoms with van der Waals surface area (Å²) in [5.74, 6) is 1.63. The van der Waals surface area contributed by atoms with Crippen molar-refractivity contribution in [3.8, 4) is 0 Å². The van der Waals surface area contributed by atoms with Crippen LogP contribution in [0.3, 0.4) is 0 Å². The summed E-state index contributed by atoms with van der Waals surface area (Å²) in [5.41, 5.74) is 3.58.